The zero-order chi connectivity index (χ0) is 17.1. The Balaban J connectivity index is 1.89. The lowest BCUT2D eigenvalue weighted by molar-refractivity contribution is -0.117. The van der Waals surface area contributed by atoms with Gasteiger partial charge < -0.3 is 15.0 Å². The number of amides is 1. The fourth-order valence-electron chi connectivity index (χ4n) is 2.76. The molecule has 1 aliphatic heterocycles. The molecule has 126 valence electrons. The molecule has 6 nitrogen and oxygen atoms in total. The van der Waals surface area contributed by atoms with Crippen molar-refractivity contribution in [2.45, 2.75) is 26.2 Å². The molecule has 0 radical (unpaired) electrons. The smallest absolute Gasteiger partial charge is 0.227 e. The second-order valence-corrected chi connectivity index (χ2v) is 5.50. The standard InChI is InChI=1S/C17H19FN4O2/c1-3-12-16(18)17(20-10-19-12)21-11-6-7-13(14(9-11)24-2)22-8-4-5-15(22)23/h6-7,9-10H,3-5,8H2,1-2H3,(H,19,20,21). The minimum Gasteiger partial charge on any atom is -0.494 e. The van der Waals surface area contributed by atoms with Gasteiger partial charge in [-0.2, -0.15) is 0 Å². The van der Waals surface area contributed by atoms with Crippen LogP contribution < -0.4 is 15.0 Å². The van der Waals surface area contributed by atoms with Crippen molar-refractivity contribution in [3.05, 3.63) is 36.0 Å². The maximum atomic E-state index is 14.2. The summed E-state index contributed by atoms with van der Waals surface area (Å²) in [5.41, 5.74) is 1.71. The molecule has 0 unspecified atom stereocenters. The van der Waals surface area contributed by atoms with Gasteiger partial charge in [0.1, 0.15) is 12.1 Å². The summed E-state index contributed by atoms with van der Waals surface area (Å²) in [6.45, 7) is 2.52. The zero-order valence-corrected chi connectivity index (χ0v) is 13.7. The quantitative estimate of drug-likeness (QED) is 0.912. The van der Waals surface area contributed by atoms with Crippen LogP contribution in [0, 0.1) is 5.82 Å². The molecule has 7 heteroatoms. The van der Waals surface area contributed by atoms with Gasteiger partial charge in [0, 0.05) is 24.7 Å². The molecule has 3 rings (SSSR count). The first kappa shape index (κ1) is 16.2. The molecule has 0 atom stereocenters. The first-order chi connectivity index (χ1) is 11.6. The summed E-state index contributed by atoms with van der Waals surface area (Å²) < 4.78 is 19.6. The van der Waals surface area contributed by atoms with Gasteiger partial charge in [-0.05, 0) is 25.0 Å². The van der Waals surface area contributed by atoms with Gasteiger partial charge in [-0.25, -0.2) is 14.4 Å². The number of aromatic nitrogens is 2. The van der Waals surface area contributed by atoms with Crippen LogP contribution in [0.15, 0.2) is 24.5 Å². The molecule has 2 aromatic rings. The van der Waals surface area contributed by atoms with Gasteiger partial charge in [-0.15, -0.1) is 0 Å². The van der Waals surface area contributed by atoms with Crippen molar-refractivity contribution in [3.8, 4) is 5.75 Å². The van der Waals surface area contributed by atoms with E-state index in [1.807, 2.05) is 6.92 Å². The molecule has 1 aromatic heterocycles. The summed E-state index contributed by atoms with van der Waals surface area (Å²) >= 11 is 0. The molecule has 1 saturated heterocycles. The largest absolute Gasteiger partial charge is 0.494 e. The average molecular weight is 330 g/mol. The summed E-state index contributed by atoms with van der Waals surface area (Å²) in [6, 6.07) is 5.30. The first-order valence-corrected chi connectivity index (χ1v) is 7.88. The van der Waals surface area contributed by atoms with Gasteiger partial charge in [0.25, 0.3) is 0 Å². The highest BCUT2D eigenvalue weighted by molar-refractivity contribution is 5.97. The number of hydrogen-bond donors (Lipinski definition) is 1. The molecule has 1 fully saturated rings. The van der Waals surface area contributed by atoms with Crippen molar-refractivity contribution < 1.29 is 13.9 Å². The third-order valence-corrected chi connectivity index (χ3v) is 4.00. The Kier molecular flexibility index (Phi) is 4.59. The number of benzene rings is 1. The molecule has 1 aromatic carbocycles. The van der Waals surface area contributed by atoms with Crippen molar-refractivity contribution in [2.75, 3.05) is 23.9 Å². The van der Waals surface area contributed by atoms with Gasteiger partial charge in [-0.1, -0.05) is 6.92 Å². The van der Waals surface area contributed by atoms with Crippen molar-refractivity contribution in [1.29, 1.82) is 0 Å². The number of hydrogen-bond acceptors (Lipinski definition) is 5. The molecule has 0 spiro atoms. The van der Waals surface area contributed by atoms with Crippen LogP contribution in [-0.2, 0) is 11.2 Å². The van der Waals surface area contributed by atoms with Crippen LogP contribution in [0.3, 0.4) is 0 Å². The first-order valence-electron chi connectivity index (χ1n) is 7.88. The van der Waals surface area contributed by atoms with E-state index >= 15 is 0 Å². The molecule has 1 aliphatic rings. The Labute approximate surface area is 139 Å². The summed E-state index contributed by atoms with van der Waals surface area (Å²) in [4.78, 5) is 21.5. The number of nitrogens with zero attached hydrogens (tertiary/aromatic N) is 3. The Bertz CT molecular complexity index is 766. The lowest BCUT2D eigenvalue weighted by Gasteiger charge is -2.20. The second-order valence-electron chi connectivity index (χ2n) is 5.50. The lowest BCUT2D eigenvalue weighted by atomic mass is 10.2. The maximum Gasteiger partial charge on any atom is 0.227 e. The number of ether oxygens (including phenoxy) is 1. The fourth-order valence-corrected chi connectivity index (χ4v) is 2.76. The average Bonchev–Trinajstić information content (AvgIpc) is 3.02. The van der Waals surface area contributed by atoms with Crippen LogP contribution in [0.5, 0.6) is 5.75 Å². The highest BCUT2D eigenvalue weighted by atomic mass is 19.1. The minimum absolute atomic E-state index is 0.0865. The molecular formula is C17H19FN4O2. The van der Waals surface area contributed by atoms with E-state index in [-0.39, 0.29) is 11.7 Å². The molecule has 2 heterocycles. The molecular weight excluding hydrogens is 311 g/mol. The van der Waals surface area contributed by atoms with Crippen molar-refractivity contribution >= 4 is 23.1 Å². The number of nitrogens with one attached hydrogen (secondary N) is 1. The Morgan fingerprint density at radius 3 is 2.88 bits per heavy atom. The van der Waals surface area contributed by atoms with Crippen LogP contribution in [0.25, 0.3) is 0 Å². The zero-order valence-electron chi connectivity index (χ0n) is 13.7. The fraction of sp³-hybridized carbons (Fsp3) is 0.353. The molecule has 0 bridgehead atoms. The summed E-state index contributed by atoms with van der Waals surface area (Å²) in [5, 5.41) is 2.94. The van der Waals surface area contributed by atoms with Gasteiger partial charge in [0.2, 0.25) is 5.91 Å². The highest BCUT2D eigenvalue weighted by Crippen LogP contribution is 2.34. The van der Waals surface area contributed by atoms with Crippen LogP contribution in [-0.4, -0.2) is 29.5 Å². The van der Waals surface area contributed by atoms with E-state index in [4.69, 9.17) is 4.74 Å². The summed E-state index contributed by atoms with van der Waals surface area (Å²) in [7, 11) is 1.55. The van der Waals surface area contributed by atoms with E-state index in [0.717, 1.165) is 12.1 Å². The van der Waals surface area contributed by atoms with Gasteiger partial charge in [-0.3, -0.25) is 4.79 Å². The Hall–Kier alpha value is -2.70. The van der Waals surface area contributed by atoms with Crippen molar-refractivity contribution in [2.24, 2.45) is 0 Å². The lowest BCUT2D eigenvalue weighted by Crippen LogP contribution is -2.24. The predicted octanol–water partition coefficient (Wildman–Crippen LogP) is 3.06. The third-order valence-electron chi connectivity index (χ3n) is 4.00. The monoisotopic (exact) mass is 330 g/mol. The summed E-state index contributed by atoms with van der Waals surface area (Å²) in [5.74, 6) is 0.301. The number of anilines is 3. The number of methoxy groups -OCH3 is 1. The van der Waals surface area contributed by atoms with Crippen LogP contribution in [0.2, 0.25) is 0 Å². The van der Waals surface area contributed by atoms with Gasteiger partial charge in [0.05, 0.1) is 18.5 Å². The van der Waals surface area contributed by atoms with E-state index < -0.39 is 5.82 Å². The topological polar surface area (TPSA) is 67.4 Å². The number of aryl methyl sites for hydroxylation is 1. The van der Waals surface area contributed by atoms with E-state index in [1.165, 1.54) is 6.33 Å². The van der Waals surface area contributed by atoms with Crippen molar-refractivity contribution in [3.63, 3.8) is 0 Å². The number of carbonyl (C=O) groups excluding carboxylic acids is 1. The minimum atomic E-state index is -0.460. The number of halogens is 1. The predicted molar refractivity (Wildman–Crippen MR) is 89.2 cm³/mol. The van der Waals surface area contributed by atoms with E-state index in [9.17, 15) is 9.18 Å². The van der Waals surface area contributed by atoms with E-state index in [1.54, 1.807) is 30.2 Å². The number of carbonyl (C=O) groups is 1. The molecule has 1 amide bonds. The number of rotatable bonds is 5. The van der Waals surface area contributed by atoms with Crippen LogP contribution in [0.4, 0.5) is 21.6 Å². The molecule has 0 aliphatic carbocycles. The Morgan fingerprint density at radius 2 is 2.21 bits per heavy atom. The normalized spacial score (nSPS) is 14.1. The van der Waals surface area contributed by atoms with E-state index in [0.29, 0.717) is 36.5 Å². The van der Waals surface area contributed by atoms with E-state index in [2.05, 4.69) is 15.3 Å². The third kappa shape index (κ3) is 3.02. The van der Waals surface area contributed by atoms with Gasteiger partial charge in [0.15, 0.2) is 11.6 Å². The van der Waals surface area contributed by atoms with Crippen molar-refractivity contribution in [1.82, 2.24) is 9.97 Å². The molecule has 1 N–H and O–H groups in total. The highest BCUT2D eigenvalue weighted by Gasteiger charge is 2.24. The maximum absolute atomic E-state index is 14.2. The SMILES string of the molecule is CCc1ncnc(Nc2ccc(N3CCCC3=O)c(OC)c2)c1F. The second kappa shape index (κ2) is 6.82. The van der Waals surface area contributed by atoms with Gasteiger partial charge >= 0.3 is 0 Å². The Morgan fingerprint density at radius 1 is 1.38 bits per heavy atom. The molecule has 24 heavy (non-hydrogen) atoms. The summed E-state index contributed by atoms with van der Waals surface area (Å²) in [6.07, 6.45) is 3.21. The van der Waals surface area contributed by atoms with Crippen LogP contribution in [0.1, 0.15) is 25.5 Å². The van der Waals surface area contributed by atoms with Crippen LogP contribution >= 0.6 is 0 Å². The molecule has 0 saturated carbocycles.